The summed E-state index contributed by atoms with van der Waals surface area (Å²) in [6, 6.07) is 7.01. The highest BCUT2D eigenvalue weighted by Gasteiger charge is 2.30. The first-order valence-electron chi connectivity index (χ1n) is 9.09. The van der Waals surface area contributed by atoms with Crippen molar-refractivity contribution >= 4 is 19.2 Å². The van der Waals surface area contributed by atoms with Crippen molar-refractivity contribution in [1.29, 1.82) is 0 Å². The molecular formula is C20H33NOSi. The van der Waals surface area contributed by atoms with Gasteiger partial charge in [0.05, 0.1) is 13.6 Å². The number of hydrogen-bond acceptors (Lipinski definition) is 2. The standard InChI is InChI=1S/C20H33NOSi/c1-7-8-9-10-11-16-12-13-18(23(4,5)6)17(14-16)19-21-20(2,3)15-22-19/h12-14H,7-11,15H2,1-6H3. The molecule has 1 aliphatic heterocycles. The average molecular weight is 332 g/mol. The van der Waals surface area contributed by atoms with Crippen molar-refractivity contribution in [2.75, 3.05) is 6.61 Å². The molecule has 0 amide bonds. The lowest BCUT2D eigenvalue weighted by atomic mass is 10.0. The molecule has 2 rings (SSSR count). The minimum absolute atomic E-state index is 0.0941. The number of benzene rings is 1. The minimum atomic E-state index is -1.42. The predicted molar refractivity (Wildman–Crippen MR) is 104 cm³/mol. The molecule has 0 unspecified atom stereocenters. The SMILES string of the molecule is CCCCCCc1ccc([Si](C)(C)C)c(C2=NC(C)(C)CO2)c1. The van der Waals surface area contributed by atoms with E-state index in [1.54, 1.807) is 0 Å². The van der Waals surface area contributed by atoms with E-state index in [-0.39, 0.29) is 5.54 Å². The van der Waals surface area contributed by atoms with E-state index < -0.39 is 8.07 Å². The topological polar surface area (TPSA) is 21.6 Å². The second-order valence-corrected chi connectivity index (χ2v) is 13.5. The van der Waals surface area contributed by atoms with Gasteiger partial charge >= 0.3 is 0 Å². The van der Waals surface area contributed by atoms with Gasteiger partial charge in [0.2, 0.25) is 5.90 Å². The smallest absolute Gasteiger partial charge is 0.216 e. The van der Waals surface area contributed by atoms with Crippen LogP contribution in [0.4, 0.5) is 0 Å². The zero-order valence-electron chi connectivity index (χ0n) is 15.8. The highest BCUT2D eigenvalue weighted by Crippen LogP contribution is 2.22. The molecule has 0 saturated heterocycles. The van der Waals surface area contributed by atoms with Crippen LogP contribution in [0.2, 0.25) is 19.6 Å². The van der Waals surface area contributed by atoms with E-state index in [0.29, 0.717) is 6.61 Å². The number of nitrogens with zero attached hydrogens (tertiary/aromatic N) is 1. The molecule has 1 aromatic rings. The van der Waals surface area contributed by atoms with Gasteiger partial charge < -0.3 is 4.74 Å². The molecule has 0 spiro atoms. The summed E-state index contributed by atoms with van der Waals surface area (Å²) in [7, 11) is -1.42. The lowest BCUT2D eigenvalue weighted by Gasteiger charge is -2.21. The third kappa shape index (κ3) is 4.94. The van der Waals surface area contributed by atoms with Crippen molar-refractivity contribution in [2.24, 2.45) is 4.99 Å². The second-order valence-electron chi connectivity index (χ2n) is 8.46. The molecule has 3 heteroatoms. The Morgan fingerprint density at radius 3 is 2.43 bits per heavy atom. The van der Waals surface area contributed by atoms with Crippen LogP contribution >= 0.6 is 0 Å². The van der Waals surface area contributed by atoms with E-state index >= 15 is 0 Å². The third-order valence-electron chi connectivity index (χ3n) is 4.41. The largest absolute Gasteiger partial charge is 0.475 e. The molecule has 0 atom stereocenters. The van der Waals surface area contributed by atoms with Gasteiger partial charge in [0, 0.05) is 5.56 Å². The van der Waals surface area contributed by atoms with Gasteiger partial charge in [-0.15, -0.1) is 0 Å². The van der Waals surface area contributed by atoms with Crippen molar-refractivity contribution in [3.8, 4) is 0 Å². The Labute approximate surface area is 143 Å². The Morgan fingerprint density at radius 1 is 1.13 bits per heavy atom. The van der Waals surface area contributed by atoms with E-state index in [0.717, 1.165) is 12.3 Å². The summed E-state index contributed by atoms with van der Waals surface area (Å²) in [6.45, 7) is 14.4. The molecule has 23 heavy (non-hydrogen) atoms. The zero-order chi connectivity index (χ0) is 17.1. The molecule has 2 nitrogen and oxygen atoms in total. The van der Waals surface area contributed by atoms with Crippen LogP contribution in [0.15, 0.2) is 23.2 Å². The first-order valence-corrected chi connectivity index (χ1v) is 12.6. The van der Waals surface area contributed by atoms with Gasteiger partial charge in [-0.05, 0) is 43.5 Å². The highest BCUT2D eigenvalue weighted by molar-refractivity contribution is 6.89. The quantitative estimate of drug-likeness (QED) is 0.514. The van der Waals surface area contributed by atoms with Gasteiger partial charge in [-0.1, -0.05) is 58.0 Å². The maximum Gasteiger partial charge on any atom is 0.216 e. The fraction of sp³-hybridized carbons (Fsp3) is 0.650. The van der Waals surface area contributed by atoms with Crippen molar-refractivity contribution in [1.82, 2.24) is 0 Å². The fourth-order valence-electron chi connectivity index (χ4n) is 3.06. The second kappa shape index (κ2) is 7.21. The monoisotopic (exact) mass is 331 g/mol. The molecule has 128 valence electrons. The molecular weight excluding hydrogens is 298 g/mol. The Morgan fingerprint density at radius 2 is 1.87 bits per heavy atom. The van der Waals surface area contributed by atoms with Gasteiger partial charge in [0.25, 0.3) is 0 Å². The van der Waals surface area contributed by atoms with Crippen molar-refractivity contribution in [3.63, 3.8) is 0 Å². The average Bonchev–Trinajstić information content (AvgIpc) is 2.82. The van der Waals surface area contributed by atoms with Gasteiger partial charge in [0.1, 0.15) is 6.61 Å². The van der Waals surface area contributed by atoms with Crippen molar-refractivity contribution in [3.05, 3.63) is 29.3 Å². The molecule has 0 saturated carbocycles. The zero-order valence-corrected chi connectivity index (χ0v) is 16.8. The molecule has 1 heterocycles. The van der Waals surface area contributed by atoms with Crippen LogP contribution in [0.1, 0.15) is 57.6 Å². The Hall–Kier alpha value is -1.09. The van der Waals surface area contributed by atoms with E-state index in [1.165, 1.54) is 42.0 Å². The van der Waals surface area contributed by atoms with Gasteiger partial charge in [-0.25, -0.2) is 4.99 Å². The van der Waals surface area contributed by atoms with Crippen LogP contribution in [0.5, 0.6) is 0 Å². The summed E-state index contributed by atoms with van der Waals surface area (Å²) in [4.78, 5) is 4.83. The summed E-state index contributed by atoms with van der Waals surface area (Å²) in [6.07, 6.45) is 6.39. The van der Waals surface area contributed by atoms with Crippen LogP contribution in [-0.4, -0.2) is 26.1 Å². The summed E-state index contributed by atoms with van der Waals surface area (Å²) < 4.78 is 5.96. The first kappa shape index (κ1) is 18.2. The number of rotatable bonds is 7. The van der Waals surface area contributed by atoms with E-state index in [2.05, 4.69) is 58.6 Å². The van der Waals surface area contributed by atoms with Crippen LogP contribution < -0.4 is 5.19 Å². The van der Waals surface area contributed by atoms with Crippen molar-refractivity contribution in [2.45, 2.75) is 78.1 Å². The number of hydrogen-bond donors (Lipinski definition) is 0. The first-order chi connectivity index (χ1) is 10.7. The summed E-state index contributed by atoms with van der Waals surface area (Å²) in [5.41, 5.74) is 2.58. The molecule has 0 N–H and O–H groups in total. The Bertz CT molecular complexity index is 569. The maximum absolute atomic E-state index is 5.96. The van der Waals surface area contributed by atoms with Gasteiger partial charge in [-0.2, -0.15) is 0 Å². The Balaban J connectivity index is 2.29. The normalized spacial score (nSPS) is 17.0. The van der Waals surface area contributed by atoms with Crippen LogP contribution in [0.25, 0.3) is 0 Å². The number of unbranched alkanes of at least 4 members (excludes halogenated alkanes) is 3. The summed E-state index contributed by atoms with van der Waals surface area (Å²) >= 11 is 0. The number of ether oxygens (including phenoxy) is 1. The molecule has 0 radical (unpaired) electrons. The fourth-order valence-corrected chi connectivity index (χ4v) is 4.63. The molecule has 0 aromatic heterocycles. The van der Waals surface area contributed by atoms with Crippen LogP contribution in [-0.2, 0) is 11.2 Å². The maximum atomic E-state index is 5.96. The van der Waals surface area contributed by atoms with E-state index in [9.17, 15) is 0 Å². The van der Waals surface area contributed by atoms with Crippen LogP contribution in [0, 0.1) is 0 Å². The summed E-state index contributed by atoms with van der Waals surface area (Å²) in [5, 5.41) is 1.46. The number of aryl methyl sites for hydroxylation is 1. The van der Waals surface area contributed by atoms with Crippen LogP contribution in [0.3, 0.4) is 0 Å². The van der Waals surface area contributed by atoms with E-state index in [1.807, 2.05) is 0 Å². The third-order valence-corrected chi connectivity index (χ3v) is 6.46. The lowest BCUT2D eigenvalue weighted by Crippen LogP contribution is -2.41. The molecule has 0 aliphatic carbocycles. The van der Waals surface area contributed by atoms with E-state index in [4.69, 9.17) is 9.73 Å². The molecule has 0 fully saturated rings. The minimum Gasteiger partial charge on any atom is -0.475 e. The molecule has 1 aromatic carbocycles. The lowest BCUT2D eigenvalue weighted by molar-refractivity contribution is 0.279. The highest BCUT2D eigenvalue weighted by atomic mass is 28.3. The number of aliphatic imine (C=N–C) groups is 1. The molecule has 1 aliphatic rings. The summed E-state index contributed by atoms with van der Waals surface area (Å²) in [5.74, 6) is 0.864. The van der Waals surface area contributed by atoms with Gasteiger partial charge in [-0.3, -0.25) is 0 Å². The van der Waals surface area contributed by atoms with Crippen molar-refractivity contribution < 1.29 is 4.74 Å². The Kier molecular flexibility index (Phi) is 5.72. The predicted octanol–water partition coefficient (Wildman–Crippen LogP) is 4.91. The van der Waals surface area contributed by atoms with Gasteiger partial charge in [0.15, 0.2) is 0 Å². The molecule has 0 bridgehead atoms.